The number of nitrogens with zero attached hydrogens (tertiary/aromatic N) is 3. The summed E-state index contributed by atoms with van der Waals surface area (Å²) in [6.45, 7) is 3.36. The first kappa shape index (κ1) is 18.5. The van der Waals surface area contributed by atoms with Gasteiger partial charge in [0.05, 0.1) is 19.8 Å². The minimum Gasteiger partial charge on any atom is -1.00 e. The summed E-state index contributed by atoms with van der Waals surface area (Å²) in [7, 11) is 2.04. The number of nitrogens with two attached hydrogens (primary N) is 1. The molecule has 0 atom stereocenters. The fourth-order valence-corrected chi connectivity index (χ4v) is 1.22. The van der Waals surface area contributed by atoms with E-state index >= 15 is 0 Å². The molecule has 0 bridgehead atoms. The van der Waals surface area contributed by atoms with Crippen LogP contribution in [0.4, 0.5) is 0 Å². The minimum atomic E-state index is 0. The van der Waals surface area contributed by atoms with Crippen molar-refractivity contribution in [2.45, 2.75) is 26.3 Å². The lowest BCUT2D eigenvalue weighted by Gasteiger charge is -1.90. The van der Waals surface area contributed by atoms with Gasteiger partial charge in [-0.1, -0.05) is 13.3 Å². The van der Waals surface area contributed by atoms with Crippen LogP contribution in [0.3, 0.4) is 0 Å². The number of aliphatic imine (C=N–C) groups is 1. The largest absolute Gasteiger partial charge is 1.00 e. The number of hydrogen-bond donors (Lipinski definition) is 1. The number of quaternary nitrogens is 1. The lowest BCUT2D eigenvalue weighted by atomic mass is 10.3. The van der Waals surface area contributed by atoms with Gasteiger partial charge in [-0.05, 0) is 6.42 Å². The summed E-state index contributed by atoms with van der Waals surface area (Å²) in [6.07, 6.45) is 14.2. The van der Waals surface area contributed by atoms with Crippen LogP contribution in [0.15, 0.2) is 36.1 Å². The topological polar surface area (TPSA) is 37.8 Å². The maximum atomic E-state index is 3.72. The third kappa shape index (κ3) is 8.92. The van der Waals surface area contributed by atoms with Crippen LogP contribution >= 0.6 is 0 Å². The number of imidazole rings is 1. The Kier molecular flexibility index (Phi) is 12.7. The van der Waals surface area contributed by atoms with Crippen LogP contribution in [-0.2, 0) is 13.6 Å². The van der Waals surface area contributed by atoms with E-state index in [1.807, 2.05) is 18.6 Å². The lowest BCUT2D eigenvalue weighted by Crippen LogP contribution is -3.00. The van der Waals surface area contributed by atoms with E-state index in [9.17, 15) is 0 Å². The smallest absolute Gasteiger partial charge is 0.243 e. The van der Waals surface area contributed by atoms with Crippen LogP contribution in [0, 0.1) is 0 Å². The first-order valence-electron chi connectivity index (χ1n) is 5.35. The molecule has 0 saturated heterocycles. The van der Waals surface area contributed by atoms with E-state index in [0.29, 0.717) is 0 Å². The normalized spacial score (nSPS) is 11.2. The van der Waals surface area contributed by atoms with E-state index in [4.69, 9.17) is 0 Å². The predicted octanol–water partition coefficient (Wildman–Crippen LogP) is -5.82. The second-order valence-electron chi connectivity index (χ2n) is 3.50. The lowest BCUT2D eigenvalue weighted by molar-refractivity contribution is -0.671. The van der Waals surface area contributed by atoms with E-state index < -0.39 is 0 Å². The third-order valence-electron chi connectivity index (χ3n) is 2.05. The maximum absolute atomic E-state index is 3.72. The summed E-state index contributed by atoms with van der Waals surface area (Å²) in [4.78, 5) is 3.72. The van der Waals surface area contributed by atoms with Gasteiger partial charge in [0.15, 0.2) is 6.34 Å². The number of unbranched alkanes of at least 4 members (excludes halogenated alkanes) is 1. The Morgan fingerprint density at radius 1 is 1.35 bits per heavy atom. The molecule has 6 heteroatoms. The van der Waals surface area contributed by atoms with E-state index in [1.54, 1.807) is 12.5 Å². The molecule has 1 aromatic rings. The van der Waals surface area contributed by atoms with E-state index in [0.717, 1.165) is 6.54 Å². The Balaban J connectivity index is 0. The number of aryl methyl sites for hydroxylation is 2. The van der Waals surface area contributed by atoms with Crippen molar-refractivity contribution in [3.63, 3.8) is 0 Å². The Morgan fingerprint density at radius 2 is 2.12 bits per heavy atom. The summed E-state index contributed by atoms with van der Waals surface area (Å²) in [5.74, 6) is 0. The highest BCUT2D eigenvalue weighted by Crippen LogP contribution is 1.91. The summed E-state index contributed by atoms with van der Waals surface area (Å²) in [5, 5.41) is 1.89. The van der Waals surface area contributed by atoms with Crippen molar-refractivity contribution in [3.8, 4) is 0 Å². The summed E-state index contributed by atoms with van der Waals surface area (Å²) in [5.41, 5.74) is 0. The summed E-state index contributed by atoms with van der Waals surface area (Å²) < 4.78 is 4.28. The molecule has 0 spiro atoms. The average Bonchev–Trinajstić information content (AvgIpc) is 2.88. The molecule has 0 radical (unpaired) electrons. The van der Waals surface area contributed by atoms with Crippen LogP contribution < -0.4 is 34.7 Å². The molecule has 0 unspecified atom stereocenters. The van der Waals surface area contributed by atoms with Crippen LogP contribution in [-0.4, -0.2) is 10.9 Å². The number of hydrogen-bond acceptors (Lipinski definition) is 1. The Labute approximate surface area is 115 Å². The SMILES string of the molecule is C1=C[NH2+]C=N1.CCCCn1cc[n+](C)c1.[Cl-].[Cl-]. The maximum Gasteiger partial charge on any atom is 0.243 e. The molecule has 0 amide bonds. The second kappa shape index (κ2) is 11.6. The molecule has 1 aromatic heterocycles. The van der Waals surface area contributed by atoms with Crippen molar-refractivity contribution >= 4 is 6.34 Å². The van der Waals surface area contributed by atoms with Gasteiger partial charge in [0.25, 0.3) is 0 Å². The molecule has 2 N–H and O–H groups in total. The summed E-state index contributed by atoms with van der Waals surface area (Å²) in [6, 6.07) is 0. The van der Waals surface area contributed by atoms with Crippen molar-refractivity contribution in [3.05, 3.63) is 31.1 Å². The molecular formula is C11H20Cl2N4. The highest BCUT2D eigenvalue weighted by molar-refractivity contribution is 5.45. The molecule has 98 valence electrons. The highest BCUT2D eigenvalue weighted by atomic mass is 35.5. The molecule has 4 nitrogen and oxygen atoms in total. The van der Waals surface area contributed by atoms with Crippen LogP contribution in [0.25, 0.3) is 0 Å². The molecule has 1 aliphatic rings. The molecule has 0 aromatic carbocycles. The van der Waals surface area contributed by atoms with Gasteiger partial charge in [-0.15, -0.1) is 0 Å². The number of rotatable bonds is 3. The molecule has 1 aliphatic heterocycles. The molecule has 17 heavy (non-hydrogen) atoms. The second-order valence-corrected chi connectivity index (χ2v) is 3.50. The van der Waals surface area contributed by atoms with E-state index in [-0.39, 0.29) is 24.8 Å². The third-order valence-corrected chi connectivity index (χ3v) is 2.05. The van der Waals surface area contributed by atoms with Crippen molar-refractivity contribution in [1.82, 2.24) is 4.57 Å². The Hall–Kier alpha value is -0.840. The van der Waals surface area contributed by atoms with Crippen LogP contribution in [0.2, 0.25) is 0 Å². The van der Waals surface area contributed by atoms with Gasteiger partial charge in [0.1, 0.15) is 18.6 Å². The fourth-order valence-electron chi connectivity index (χ4n) is 1.22. The van der Waals surface area contributed by atoms with E-state index in [1.165, 1.54) is 12.8 Å². The van der Waals surface area contributed by atoms with Gasteiger partial charge in [-0.3, -0.25) is 5.32 Å². The Morgan fingerprint density at radius 3 is 2.47 bits per heavy atom. The number of halogens is 2. The molecular weight excluding hydrogens is 259 g/mol. The molecule has 2 rings (SSSR count). The van der Waals surface area contributed by atoms with Crippen molar-refractivity contribution in [2.24, 2.45) is 12.0 Å². The molecule has 0 fully saturated rings. The van der Waals surface area contributed by atoms with Crippen LogP contribution in [0.5, 0.6) is 0 Å². The molecule has 0 saturated carbocycles. The van der Waals surface area contributed by atoms with Crippen LogP contribution in [0.1, 0.15) is 19.8 Å². The summed E-state index contributed by atoms with van der Waals surface area (Å²) >= 11 is 0. The Bertz CT molecular complexity index is 324. The predicted molar refractivity (Wildman–Crippen MR) is 60.1 cm³/mol. The zero-order valence-corrected chi connectivity index (χ0v) is 11.8. The van der Waals surface area contributed by atoms with Crippen molar-refractivity contribution in [1.29, 1.82) is 0 Å². The monoisotopic (exact) mass is 278 g/mol. The van der Waals surface area contributed by atoms with Gasteiger partial charge in [0, 0.05) is 0 Å². The zero-order valence-electron chi connectivity index (χ0n) is 10.3. The molecule has 2 heterocycles. The minimum absolute atomic E-state index is 0. The van der Waals surface area contributed by atoms with Crippen molar-refractivity contribution in [2.75, 3.05) is 0 Å². The van der Waals surface area contributed by atoms with E-state index in [2.05, 4.69) is 39.8 Å². The molecule has 0 aliphatic carbocycles. The van der Waals surface area contributed by atoms with Gasteiger partial charge >= 0.3 is 0 Å². The van der Waals surface area contributed by atoms with Crippen molar-refractivity contribution < 1.29 is 34.7 Å². The average molecular weight is 279 g/mol. The first-order valence-corrected chi connectivity index (χ1v) is 5.35. The number of aromatic nitrogens is 2. The quantitative estimate of drug-likeness (QED) is 0.536. The zero-order chi connectivity index (χ0) is 10.9. The fraction of sp³-hybridized carbons (Fsp3) is 0.455. The van der Waals surface area contributed by atoms with Gasteiger partial charge < -0.3 is 24.8 Å². The first-order chi connectivity index (χ1) is 7.33. The highest BCUT2D eigenvalue weighted by Gasteiger charge is 1.96. The van der Waals surface area contributed by atoms with Gasteiger partial charge in [-0.25, -0.2) is 14.1 Å². The van der Waals surface area contributed by atoms with Gasteiger partial charge in [0.2, 0.25) is 6.33 Å². The van der Waals surface area contributed by atoms with Gasteiger partial charge in [-0.2, -0.15) is 0 Å². The standard InChI is InChI=1S/C8H15N2.C3H4N2.2ClH/c1-3-4-5-10-7-6-9(2)8-10;1-2-5-3-4-1;;/h6-8H,3-5H2,1-2H3;1-3H,(H,4,5);2*1H/q+1;;;/p-1.